The molecule has 1 unspecified atom stereocenters. The molecule has 1 N–H and O–H groups in total. The third kappa shape index (κ3) is 4.77. The van der Waals surface area contributed by atoms with E-state index in [1.165, 1.54) is 0 Å². The summed E-state index contributed by atoms with van der Waals surface area (Å²) < 4.78 is 0. The lowest BCUT2D eigenvalue weighted by Crippen LogP contribution is -2.70. The van der Waals surface area contributed by atoms with Crippen molar-refractivity contribution in [3.63, 3.8) is 0 Å². The Bertz CT molecular complexity index is 811. The van der Waals surface area contributed by atoms with E-state index in [0.29, 0.717) is 12.6 Å². The minimum Gasteiger partial charge on any atom is -0.334 e. The Kier molecular flexibility index (Phi) is 5.83. The highest BCUT2D eigenvalue weighted by Crippen LogP contribution is 2.28. The van der Waals surface area contributed by atoms with Crippen molar-refractivity contribution in [2.24, 2.45) is 0 Å². The molecule has 0 aliphatic carbocycles. The standard InChI is InChI=1S/C23H31N5O/c1-23(2)18-27(22(29)25-14-19-8-4-3-5-9-19)17-21-16-26(12-13-28(21)23)15-20-10-6-7-11-24-20/h3-11,21H,12-18H2,1-2H3,(H,25,29). The van der Waals surface area contributed by atoms with Gasteiger partial charge in [0.05, 0.1) is 5.69 Å². The van der Waals surface area contributed by atoms with Crippen LogP contribution < -0.4 is 5.32 Å². The zero-order chi connectivity index (χ0) is 20.3. The van der Waals surface area contributed by atoms with E-state index in [1.54, 1.807) is 0 Å². The second-order valence-electron chi connectivity index (χ2n) is 8.74. The molecule has 6 heteroatoms. The smallest absolute Gasteiger partial charge is 0.317 e. The summed E-state index contributed by atoms with van der Waals surface area (Å²) in [5.74, 6) is 0. The van der Waals surface area contributed by atoms with Crippen LogP contribution in [-0.4, -0.2) is 70.0 Å². The number of nitrogens with zero attached hydrogens (tertiary/aromatic N) is 4. The Balaban J connectivity index is 1.38. The molecule has 3 heterocycles. The van der Waals surface area contributed by atoms with Crippen LogP contribution in [0.15, 0.2) is 54.7 Å². The normalized spacial score (nSPS) is 22.1. The van der Waals surface area contributed by atoms with E-state index in [0.717, 1.165) is 50.5 Å². The van der Waals surface area contributed by atoms with E-state index in [2.05, 4.69) is 40.0 Å². The Morgan fingerprint density at radius 3 is 2.66 bits per heavy atom. The fourth-order valence-corrected chi connectivity index (χ4v) is 4.65. The molecular formula is C23H31N5O. The lowest BCUT2D eigenvalue weighted by molar-refractivity contribution is -0.0543. The summed E-state index contributed by atoms with van der Waals surface area (Å²) in [6.07, 6.45) is 1.86. The van der Waals surface area contributed by atoms with E-state index in [1.807, 2.05) is 53.6 Å². The summed E-state index contributed by atoms with van der Waals surface area (Å²) in [5, 5.41) is 3.10. The van der Waals surface area contributed by atoms with Crippen LogP contribution in [0.1, 0.15) is 25.1 Å². The number of pyridine rings is 1. The number of carbonyl (C=O) groups excluding carboxylic acids is 1. The van der Waals surface area contributed by atoms with Gasteiger partial charge >= 0.3 is 6.03 Å². The maximum Gasteiger partial charge on any atom is 0.317 e. The molecule has 0 saturated carbocycles. The number of fused-ring (bicyclic) bond motifs is 1. The van der Waals surface area contributed by atoms with Crippen LogP contribution >= 0.6 is 0 Å². The molecule has 154 valence electrons. The lowest BCUT2D eigenvalue weighted by Gasteiger charge is -2.55. The Labute approximate surface area is 173 Å². The van der Waals surface area contributed by atoms with Crippen LogP contribution in [0, 0.1) is 0 Å². The van der Waals surface area contributed by atoms with Crippen molar-refractivity contribution in [1.82, 2.24) is 25.0 Å². The zero-order valence-electron chi connectivity index (χ0n) is 17.4. The first kappa shape index (κ1) is 19.9. The zero-order valence-corrected chi connectivity index (χ0v) is 17.4. The number of aromatic nitrogens is 1. The van der Waals surface area contributed by atoms with E-state index in [4.69, 9.17) is 0 Å². The number of amides is 2. The van der Waals surface area contributed by atoms with Crippen molar-refractivity contribution in [2.45, 2.75) is 38.5 Å². The van der Waals surface area contributed by atoms with Crippen LogP contribution in [0.25, 0.3) is 0 Å². The number of rotatable bonds is 4. The van der Waals surface area contributed by atoms with Gasteiger partial charge < -0.3 is 10.2 Å². The number of nitrogens with one attached hydrogen (secondary N) is 1. The van der Waals surface area contributed by atoms with E-state index in [-0.39, 0.29) is 11.6 Å². The highest BCUT2D eigenvalue weighted by atomic mass is 16.2. The van der Waals surface area contributed by atoms with Gasteiger partial charge in [0, 0.05) is 63.6 Å². The average molecular weight is 394 g/mol. The van der Waals surface area contributed by atoms with E-state index in [9.17, 15) is 4.79 Å². The molecule has 2 amide bonds. The molecule has 0 radical (unpaired) electrons. The van der Waals surface area contributed by atoms with Gasteiger partial charge in [-0.2, -0.15) is 0 Å². The molecule has 0 bridgehead atoms. The first-order valence-electron chi connectivity index (χ1n) is 10.5. The quantitative estimate of drug-likeness (QED) is 0.868. The van der Waals surface area contributed by atoms with Gasteiger partial charge in [-0.15, -0.1) is 0 Å². The van der Waals surface area contributed by atoms with Crippen LogP contribution in [-0.2, 0) is 13.1 Å². The van der Waals surface area contributed by atoms with E-state index < -0.39 is 0 Å². The number of piperazine rings is 2. The third-order valence-corrected chi connectivity index (χ3v) is 6.04. The van der Waals surface area contributed by atoms with Crippen LogP contribution in [0.5, 0.6) is 0 Å². The summed E-state index contributed by atoms with van der Waals surface area (Å²) >= 11 is 0. The maximum absolute atomic E-state index is 12.9. The summed E-state index contributed by atoms with van der Waals surface area (Å²) in [7, 11) is 0. The molecule has 2 aliphatic heterocycles. The number of hydrogen-bond donors (Lipinski definition) is 1. The summed E-state index contributed by atoms with van der Waals surface area (Å²) in [4.78, 5) is 24.4. The number of hydrogen-bond acceptors (Lipinski definition) is 4. The molecule has 6 nitrogen and oxygen atoms in total. The average Bonchev–Trinajstić information content (AvgIpc) is 2.72. The lowest BCUT2D eigenvalue weighted by atomic mass is 9.93. The third-order valence-electron chi connectivity index (χ3n) is 6.04. The first-order chi connectivity index (χ1) is 14.0. The van der Waals surface area contributed by atoms with Gasteiger partial charge in [0.2, 0.25) is 0 Å². The Morgan fingerprint density at radius 2 is 1.90 bits per heavy atom. The first-order valence-corrected chi connectivity index (χ1v) is 10.5. The maximum atomic E-state index is 12.9. The summed E-state index contributed by atoms with van der Waals surface area (Å²) in [6.45, 7) is 10.5. The second-order valence-corrected chi connectivity index (χ2v) is 8.74. The van der Waals surface area contributed by atoms with Crippen LogP contribution in [0.2, 0.25) is 0 Å². The molecule has 2 saturated heterocycles. The summed E-state index contributed by atoms with van der Waals surface area (Å²) in [5.41, 5.74) is 2.20. The van der Waals surface area contributed by atoms with Gasteiger partial charge in [-0.1, -0.05) is 36.4 Å². The molecule has 29 heavy (non-hydrogen) atoms. The molecule has 1 aromatic carbocycles. The molecule has 1 aromatic heterocycles. The van der Waals surface area contributed by atoms with Gasteiger partial charge in [0.25, 0.3) is 0 Å². The molecule has 2 fully saturated rings. The number of carbonyl (C=O) groups is 1. The molecule has 0 spiro atoms. The fraction of sp³-hybridized carbons (Fsp3) is 0.478. The van der Waals surface area contributed by atoms with Crippen molar-refractivity contribution in [2.75, 3.05) is 32.7 Å². The number of urea groups is 1. The highest BCUT2D eigenvalue weighted by Gasteiger charge is 2.43. The minimum atomic E-state index is -0.0237. The van der Waals surface area contributed by atoms with Gasteiger partial charge in [-0.3, -0.25) is 14.8 Å². The van der Waals surface area contributed by atoms with Crippen LogP contribution in [0.3, 0.4) is 0 Å². The van der Waals surface area contributed by atoms with Gasteiger partial charge in [-0.25, -0.2) is 4.79 Å². The minimum absolute atomic E-state index is 0.0237. The van der Waals surface area contributed by atoms with Gasteiger partial charge in [-0.05, 0) is 31.5 Å². The highest BCUT2D eigenvalue weighted by molar-refractivity contribution is 5.74. The van der Waals surface area contributed by atoms with Crippen molar-refractivity contribution in [3.8, 4) is 0 Å². The monoisotopic (exact) mass is 393 g/mol. The largest absolute Gasteiger partial charge is 0.334 e. The molecule has 2 aromatic rings. The molecule has 1 atom stereocenters. The van der Waals surface area contributed by atoms with Gasteiger partial charge in [0.1, 0.15) is 0 Å². The Hall–Kier alpha value is -2.44. The van der Waals surface area contributed by atoms with Crippen molar-refractivity contribution in [3.05, 3.63) is 66.0 Å². The molecular weight excluding hydrogens is 362 g/mol. The predicted octanol–water partition coefficient (Wildman–Crippen LogP) is 2.57. The Morgan fingerprint density at radius 1 is 1.10 bits per heavy atom. The van der Waals surface area contributed by atoms with Crippen LogP contribution in [0.4, 0.5) is 4.79 Å². The molecule has 4 rings (SSSR count). The van der Waals surface area contributed by atoms with Crippen molar-refractivity contribution >= 4 is 6.03 Å². The van der Waals surface area contributed by atoms with E-state index >= 15 is 0 Å². The number of benzene rings is 1. The van der Waals surface area contributed by atoms with Gasteiger partial charge in [0.15, 0.2) is 0 Å². The van der Waals surface area contributed by atoms with Crippen molar-refractivity contribution < 1.29 is 4.79 Å². The predicted molar refractivity (Wildman–Crippen MR) is 114 cm³/mol. The summed E-state index contributed by atoms with van der Waals surface area (Å²) in [6, 6.07) is 16.5. The molecule has 2 aliphatic rings. The van der Waals surface area contributed by atoms with Crippen molar-refractivity contribution in [1.29, 1.82) is 0 Å². The fourth-order valence-electron chi connectivity index (χ4n) is 4.65. The second kappa shape index (κ2) is 8.51. The SMILES string of the molecule is CC1(C)CN(C(=O)NCc2ccccc2)CC2CN(Cc3ccccn3)CCN21. The topological polar surface area (TPSA) is 51.7 Å².